The van der Waals surface area contributed by atoms with Gasteiger partial charge < -0.3 is 0 Å². The highest BCUT2D eigenvalue weighted by Crippen LogP contribution is 2.26. The molecular weight excluding hydrogens is 434 g/mol. The third kappa shape index (κ3) is 5.00. The molecule has 2 aromatic carbocycles. The second kappa shape index (κ2) is 8.57. The molecule has 0 bridgehead atoms. The molecule has 1 heterocycles. The molecule has 0 fully saturated rings. The number of aromatic nitrogens is 2. The van der Waals surface area contributed by atoms with Crippen molar-refractivity contribution in [2.24, 2.45) is 0 Å². The first-order chi connectivity index (χ1) is 12.5. The van der Waals surface area contributed by atoms with Crippen molar-refractivity contribution in [2.45, 2.75) is 11.3 Å². The van der Waals surface area contributed by atoms with E-state index in [9.17, 15) is 9.59 Å². The number of amides is 1. The molecule has 0 radical (unpaired) electrons. The van der Waals surface area contributed by atoms with Crippen molar-refractivity contribution < 1.29 is 9.59 Å². The van der Waals surface area contributed by atoms with Gasteiger partial charge in [0.25, 0.3) is 5.91 Å². The van der Waals surface area contributed by atoms with E-state index in [0.29, 0.717) is 20.6 Å². The van der Waals surface area contributed by atoms with Crippen molar-refractivity contribution in [2.75, 3.05) is 11.1 Å². The molecule has 0 aliphatic carbocycles. The van der Waals surface area contributed by atoms with Gasteiger partial charge in [0, 0.05) is 15.6 Å². The van der Waals surface area contributed by atoms with Crippen molar-refractivity contribution in [1.29, 1.82) is 0 Å². The second-order valence-electron chi connectivity index (χ2n) is 5.42. The van der Waals surface area contributed by atoms with Crippen LogP contribution in [0.3, 0.4) is 0 Å². The Hall–Kier alpha value is -2.03. The second-order valence-corrected chi connectivity index (χ2v) is 8.53. The van der Waals surface area contributed by atoms with Gasteiger partial charge in [0.2, 0.25) is 5.13 Å². The Bertz CT molecular complexity index is 942. The number of rotatable bonds is 6. The Morgan fingerprint density at radius 1 is 1.12 bits per heavy atom. The quantitative estimate of drug-likeness (QED) is 0.332. The maximum absolute atomic E-state index is 12.2. The SMILES string of the molecule is Cc1cccc(C(=O)Nc2nnc(SCC(=O)c3ccc(Br)cc3)s2)c1. The number of nitrogens with one attached hydrogen (secondary N) is 1. The van der Waals surface area contributed by atoms with Crippen molar-refractivity contribution in [3.63, 3.8) is 0 Å². The summed E-state index contributed by atoms with van der Waals surface area (Å²) in [6.45, 7) is 1.93. The summed E-state index contributed by atoms with van der Waals surface area (Å²) in [5.74, 6) is 0.0534. The van der Waals surface area contributed by atoms with E-state index in [0.717, 1.165) is 10.0 Å². The van der Waals surface area contributed by atoms with Gasteiger partial charge in [-0.05, 0) is 31.2 Å². The first kappa shape index (κ1) is 18.8. The highest BCUT2D eigenvalue weighted by atomic mass is 79.9. The Morgan fingerprint density at radius 3 is 2.62 bits per heavy atom. The van der Waals surface area contributed by atoms with E-state index in [4.69, 9.17) is 0 Å². The Kier molecular flexibility index (Phi) is 6.18. The molecule has 0 unspecified atom stereocenters. The number of anilines is 1. The summed E-state index contributed by atoms with van der Waals surface area (Å²) in [4.78, 5) is 24.4. The molecule has 5 nitrogen and oxygen atoms in total. The maximum Gasteiger partial charge on any atom is 0.257 e. The Labute approximate surface area is 167 Å². The van der Waals surface area contributed by atoms with Crippen LogP contribution in [-0.4, -0.2) is 27.6 Å². The number of benzene rings is 2. The van der Waals surface area contributed by atoms with Gasteiger partial charge in [0.05, 0.1) is 5.75 Å². The highest BCUT2D eigenvalue weighted by molar-refractivity contribution is 9.10. The van der Waals surface area contributed by atoms with Crippen LogP contribution < -0.4 is 5.32 Å². The number of aryl methyl sites for hydroxylation is 1. The molecular formula is C18H14BrN3O2S2. The third-order valence-electron chi connectivity index (χ3n) is 3.40. The van der Waals surface area contributed by atoms with Gasteiger partial charge in [0.1, 0.15) is 0 Å². The fourth-order valence-corrected chi connectivity index (χ4v) is 4.03. The average Bonchev–Trinajstić information content (AvgIpc) is 3.07. The van der Waals surface area contributed by atoms with Gasteiger partial charge in [-0.15, -0.1) is 10.2 Å². The molecule has 26 heavy (non-hydrogen) atoms. The van der Waals surface area contributed by atoms with Crippen molar-refractivity contribution >= 4 is 55.9 Å². The minimum atomic E-state index is -0.229. The molecule has 132 valence electrons. The van der Waals surface area contributed by atoms with Crippen LogP contribution in [-0.2, 0) is 0 Å². The number of carbonyl (C=O) groups excluding carboxylic acids is 2. The smallest absolute Gasteiger partial charge is 0.257 e. The Morgan fingerprint density at radius 2 is 1.88 bits per heavy atom. The summed E-state index contributed by atoms with van der Waals surface area (Å²) < 4.78 is 1.56. The largest absolute Gasteiger partial charge is 0.296 e. The van der Waals surface area contributed by atoms with E-state index < -0.39 is 0 Å². The zero-order chi connectivity index (χ0) is 18.5. The summed E-state index contributed by atoms with van der Waals surface area (Å²) in [6, 6.07) is 14.5. The highest BCUT2D eigenvalue weighted by Gasteiger charge is 2.12. The summed E-state index contributed by atoms with van der Waals surface area (Å²) in [5, 5.41) is 11.1. The molecule has 3 aromatic rings. The number of hydrogen-bond donors (Lipinski definition) is 1. The standard InChI is InChI=1S/C18H14BrN3O2S2/c1-11-3-2-4-13(9-11)16(24)20-17-21-22-18(26-17)25-10-15(23)12-5-7-14(19)8-6-12/h2-9H,10H2,1H3,(H,20,21,24). The van der Waals surface area contributed by atoms with E-state index in [2.05, 4.69) is 31.4 Å². The molecule has 3 rings (SSSR count). The minimum absolute atomic E-state index is 0.0167. The molecule has 0 aliphatic heterocycles. The number of ketones is 1. The average molecular weight is 448 g/mol. The molecule has 0 spiro atoms. The molecule has 0 atom stereocenters. The number of nitrogens with zero attached hydrogens (tertiary/aromatic N) is 2. The fraction of sp³-hybridized carbons (Fsp3) is 0.111. The molecule has 1 aromatic heterocycles. The van der Waals surface area contributed by atoms with E-state index >= 15 is 0 Å². The van der Waals surface area contributed by atoms with E-state index in [1.165, 1.54) is 23.1 Å². The van der Waals surface area contributed by atoms with Crippen molar-refractivity contribution in [1.82, 2.24) is 10.2 Å². The van der Waals surface area contributed by atoms with Crippen molar-refractivity contribution in [3.8, 4) is 0 Å². The Balaban J connectivity index is 1.57. The molecule has 0 aliphatic rings. The van der Waals surface area contributed by atoms with Crippen LogP contribution in [0.15, 0.2) is 57.3 Å². The topological polar surface area (TPSA) is 72.0 Å². The lowest BCUT2D eigenvalue weighted by molar-refractivity contribution is 0.101. The van der Waals surface area contributed by atoms with Gasteiger partial charge in [-0.1, -0.05) is 68.9 Å². The van der Waals surface area contributed by atoms with Gasteiger partial charge in [0.15, 0.2) is 10.1 Å². The monoisotopic (exact) mass is 447 g/mol. The van der Waals surface area contributed by atoms with Gasteiger partial charge in [-0.25, -0.2) is 0 Å². The van der Waals surface area contributed by atoms with E-state index in [-0.39, 0.29) is 17.4 Å². The summed E-state index contributed by atoms with van der Waals surface area (Å²) >= 11 is 5.90. The lowest BCUT2D eigenvalue weighted by Gasteiger charge is -2.01. The zero-order valence-electron chi connectivity index (χ0n) is 13.7. The normalized spacial score (nSPS) is 10.5. The molecule has 0 saturated heterocycles. The number of hydrogen-bond acceptors (Lipinski definition) is 6. The van der Waals surface area contributed by atoms with E-state index in [1.807, 2.05) is 37.3 Å². The van der Waals surface area contributed by atoms with Crippen LogP contribution in [0, 0.1) is 6.92 Å². The van der Waals surface area contributed by atoms with Crippen LogP contribution in [0.4, 0.5) is 5.13 Å². The molecule has 0 saturated carbocycles. The summed E-state index contributed by atoms with van der Waals surface area (Å²) in [5.41, 5.74) is 2.23. The molecule has 1 amide bonds. The van der Waals surface area contributed by atoms with Crippen LogP contribution in [0.2, 0.25) is 0 Å². The van der Waals surface area contributed by atoms with Crippen LogP contribution in [0.5, 0.6) is 0 Å². The summed E-state index contributed by atoms with van der Waals surface area (Å²) in [7, 11) is 0. The van der Waals surface area contributed by atoms with Gasteiger partial charge in [-0.2, -0.15) is 0 Å². The first-order valence-electron chi connectivity index (χ1n) is 7.64. The van der Waals surface area contributed by atoms with Gasteiger partial charge >= 0.3 is 0 Å². The minimum Gasteiger partial charge on any atom is -0.296 e. The van der Waals surface area contributed by atoms with Crippen LogP contribution in [0.25, 0.3) is 0 Å². The maximum atomic E-state index is 12.2. The van der Waals surface area contributed by atoms with Crippen LogP contribution >= 0.6 is 39.0 Å². The predicted molar refractivity (Wildman–Crippen MR) is 108 cm³/mol. The van der Waals surface area contributed by atoms with Crippen LogP contribution in [0.1, 0.15) is 26.3 Å². The lowest BCUT2D eigenvalue weighted by atomic mass is 10.1. The molecule has 8 heteroatoms. The lowest BCUT2D eigenvalue weighted by Crippen LogP contribution is -2.11. The van der Waals surface area contributed by atoms with E-state index in [1.54, 1.807) is 18.2 Å². The number of halogens is 1. The molecule has 1 N–H and O–H groups in total. The zero-order valence-corrected chi connectivity index (χ0v) is 17.0. The number of thioether (sulfide) groups is 1. The van der Waals surface area contributed by atoms with Gasteiger partial charge in [-0.3, -0.25) is 14.9 Å². The fourth-order valence-electron chi connectivity index (χ4n) is 2.12. The third-order valence-corrected chi connectivity index (χ3v) is 5.90. The summed E-state index contributed by atoms with van der Waals surface area (Å²) in [6.07, 6.45) is 0. The number of carbonyl (C=O) groups is 2. The van der Waals surface area contributed by atoms with Crippen molar-refractivity contribution in [3.05, 3.63) is 69.7 Å². The number of Topliss-reactive ketones (excluding diaryl/α,β-unsaturated/α-hetero) is 1. The predicted octanol–water partition coefficient (Wildman–Crippen LogP) is 4.84. The first-order valence-corrected chi connectivity index (χ1v) is 10.2.